The third-order valence-electron chi connectivity index (χ3n) is 3.14. The second-order valence-electron chi connectivity index (χ2n) is 4.64. The fraction of sp³-hybridized carbons (Fsp3) is 0.0625. The molecule has 0 aliphatic rings. The Morgan fingerprint density at radius 1 is 1.17 bits per heavy atom. The summed E-state index contributed by atoms with van der Waals surface area (Å²) in [6, 6.07) is 12.4. The lowest BCUT2D eigenvalue weighted by atomic mass is 10.3. The molecule has 0 aliphatic heterocycles. The lowest BCUT2D eigenvalue weighted by Gasteiger charge is -2.01. The van der Waals surface area contributed by atoms with Crippen molar-refractivity contribution in [2.45, 2.75) is 11.4 Å². The quantitative estimate of drug-likeness (QED) is 0.685. The first-order chi connectivity index (χ1) is 11.0. The van der Waals surface area contributed by atoms with Gasteiger partial charge in [-0.3, -0.25) is 0 Å². The van der Waals surface area contributed by atoms with E-state index >= 15 is 0 Å². The largest absolute Gasteiger partial charge is 0.302 e. The van der Waals surface area contributed by atoms with Crippen LogP contribution in [0.2, 0.25) is 0 Å². The van der Waals surface area contributed by atoms with Crippen molar-refractivity contribution in [3.8, 4) is 12.3 Å². The zero-order valence-corrected chi connectivity index (χ0v) is 13.4. The maximum absolute atomic E-state index is 14.1. The number of hydrogen-bond donors (Lipinski definition) is 0. The number of terminal acetylenes is 1. The Kier molecular flexibility index (Phi) is 4.03. The molecular formula is C16H11FN2O2S2. The van der Waals surface area contributed by atoms with Crippen LogP contribution in [0.3, 0.4) is 0 Å². The molecule has 0 bridgehead atoms. The minimum absolute atomic E-state index is 0.0318. The molecule has 2 aromatic carbocycles. The van der Waals surface area contributed by atoms with Crippen LogP contribution in [0.5, 0.6) is 0 Å². The third-order valence-corrected chi connectivity index (χ3v) is 5.58. The average Bonchev–Trinajstić information content (AvgIpc) is 2.87. The predicted octanol–water partition coefficient (Wildman–Crippen LogP) is 2.76. The van der Waals surface area contributed by atoms with E-state index in [4.69, 9.17) is 6.42 Å². The summed E-state index contributed by atoms with van der Waals surface area (Å²) in [4.78, 5) is 0.220. The Balaban J connectivity index is 2.30. The highest BCUT2D eigenvalue weighted by Crippen LogP contribution is 2.21. The summed E-state index contributed by atoms with van der Waals surface area (Å²) >= 11 is 1.08. The Labute approximate surface area is 136 Å². The number of hydrogen-bond acceptors (Lipinski definition) is 3. The molecule has 0 amide bonds. The molecular weight excluding hydrogens is 335 g/mol. The van der Waals surface area contributed by atoms with E-state index in [0.29, 0.717) is 4.70 Å². The molecule has 3 aromatic rings. The van der Waals surface area contributed by atoms with Crippen molar-refractivity contribution in [2.24, 2.45) is 4.40 Å². The molecule has 0 saturated heterocycles. The predicted molar refractivity (Wildman–Crippen MR) is 87.8 cm³/mol. The molecule has 3 rings (SSSR count). The smallest absolute Gasteiger partial charge is 0.285 e. The molecule has 1 heterocycles. The number of thiazole rings is 1. The van der Waals surface area contributed by atoms with Crippen molar-refractivity contribution < 1.29 is 12.8 Å². The Morgan fingerprint density at radius 3 is 2.61 bits per heavy atom. The molecule has 23 heavy (non-hydrogen) atoms. The van der Waals surface area contributed by atoms with Gasteiger partial charge in [0.25, 0.3) is 10.0 Å². The molecule has 0 atom stereocenters. The zero-order valence-electron chi connectivity index (χ0n) is 11.8. The van der Waals surface area contributed by atoms with E-state index in [9.17, 15) is 12.8 Å². The summed E-state index contributed by atoms with van der Waals surface area (Å²) < 4.78 is 44.7. The normalized spacial score (nSPS) is 12.4. The summed E-state index contributed by atoms with van der Waals surface area (Å²) in [5.74, 6) is 1.94. The first-order valence-corrected chi connectivity index (χ1v) is 8.86. The summed E-state index contributed by atoms with van der Waals surface area (Å²) in [7, 11) is -3.89. The molecule has 116 valence electrons. The molecule has 0 radical (unpaired) electrons. The highest BCUT2D eigenvalue weighted by Gasteiger charge is 2.15. The van der Waals surface area contributed by atoms with Gasteiger partial charge in [0.05, 0.1) is 21.7 Å². The first-order valence-electron chi connectivity index (χ1n) is 6.60. The van der Waals surface area contributed by atoms with E-state index in [1.807, 2.05) is 0 Å². The second kappa shape index (κ2) is 5.99. The molecule has 0 unspecified atom stereocenters. The van der Waals surface area contributed by atoms with Gasteiger partial charge in [0.1, 0.15) is 5.82 Å². The van der Waals surface area contributed by atoms with Crippen LogP contribution in [0.4, 0.5) is 4.39 Å². The van der Waals surface area contributed by atoms with Crippen molar-refractivity contribution >= 4 is 31.6 Å². The average molecular weight is 346 g/mol. The number of halogens is 1. The fourth-order valence-corrected chi connectivity index (χ4v) is 4.41. The monoisotopic (exact) mass is 346 g/mol. The van der Waals surface area contributed by atoms with Crippen LogP contribution in [0, 0.1) is 18.2 Å². The van der Waals surface area contributed by atoms with Gasteiger partial charge in [-0.2, -0.15) is 8.42 Å². The van der Waals surface area contributed by atoms with Crippen molar-refractivity contribution in [3.63, 3.8) is 0 Å². The number of nitrogens with zero attached hydrogens (tertiary/aromatic N) is 2. The standard InChI is InChI=1S/C16H11FN2O2S2/c1-2-11-19-15-13(17)9-6-10-14(15)22-16(19)18-23(20,21)12-7-4-3-5-8-12/h1,3-10H,11H2. The number of rotatable bonds is 3. The van der Waals surface area contributed by atoms with E-state index < -0.39 is 15.8 Å². The number of benzene rings is 2. The molecule has 7 heteroatoms. The van der Waals surface area contributed by atoms with Crippen LogP contribution in [0.1, 0.15) is 0 Å². The van der Waals surface area contributed by atoms with Crippen LogP contribution in [-0.4, -0.2) is 13.0 Å². The van der Waals surface area contributed by atoms with Gasteiger partial charge < -0.3 is 4.57 Å². The van der Waals surface area contributed by atoms with Crippen LogP contribution in [0.15, 0.2) is 57.8 Å². The number of aromatic nitrogens is 1. The van der Waals surface area contributed by atoms with Gasteiger partial charge in [0, 0.05) is 0 Å². The van der Waals surface area contributed by atoms with Gasteiger partial charge in [0.2, 0.25) is 4.80 Å². The minimum atomic E-state index is -3.89. The molecule has 1 aromatic heterocycles. The van der Waals surface area contributed by atoms with Gasteiger partial charge in [-0.15, -0.1) is 10.8 Å². The van der Waals surface area contributed by atoms with Crippen molar-refractivity contribution in [2.75, 3.05) is 0 Å². The molecule has 0 spiro atoms. The van der Waals surface area contributed by atoms with Crippen LogP contribution in [0.25, 0.3) is 10.2 Å². The summed E-state index contributed by atoms with van der Waals surface area (Å²) in [5, 5.41) is 0. The summed E-state index contributed by atoms with van der Waals surface area (Å²) in [6.07, 6.45) is 5.32. The van der Waals surface area contributed by atoms with Crippen molar-refractivity contribution in [1.29, 1.82) is 0 Å². The van der Waals surface area contributed by atoms with Crippen LogP contribution >= 0.6 is 11.3 Å². The maximum Gasteiger partial charge on any atom is 0.285 e. The fourth-order valence-electron chi connectivity index (χ4n) is 2.14. The highest BCUT2D eigenvalue weighted by molar-refractivity contribution is 7.90. The van der Waals surface area contributed by atoms with Gasteiger partial charge in [-0.1, -0.05) is 41.5 Å². The van der Waals surface area contributed by atoms with Crippen LogP contribution < -0.4 is 4.80 Å². The first kappa shape index (κ1) is 15.5. The van der Waals surface area contributed by atoms with Crippen molar-refractivity contribution in [3.05, 3.63) is 59.1 Å². The lowest BCUT2D eigenvalue weighted by molar-refractivity contribution is 0.595. The highest BCUT2D eigenvalue weighted by atomic mass is 32.2. The number of para-hydroxylation sites is 1. The minimum Gasteiger partial charge on any atom is -0.302 e. The Hall–Kier alpha value is -2.43. The molecule has 0 fully saturated rings. The number of fused-ring (bicyclic) bond motifs is 1. The van der Waals surface area contributed by atoms with Gasteiger partial charge >= 0.3 is 0 Å². The van der Waals surface area contributed by atoms with Gasteiger partial charge in [-0.05, 0) is 24.3 Å². The number of sulfonamides is 1. The molecule has 0 N–H and O–H groups in total. The molecule has 4 nitrogen and oxygen atoms in total. The molecule has 0 aliphatic carbocycles. The Bertz CT molecular complexity index is 1070. The lowest BCUT2D eigenvalue weighted by Crippen LogP contribution is -2.17. The van der Waals surface area contributed by atoms with Crippen LogP contribution in [-0.2, 0) is 16.6 Å². The maximum atomic E-state index is 14.1. The van der Waals surface area contributed by atoms with E-state index in [0.717, 1.165) is 11.3 Å². The van der Waals surface area contributed by atoms with E-state index in [-0.39, 0.29) is 21.8 Å². The topological polar surface area (TPSA) is 51.4 Å². The molecule has 0 saturated carbocycles. The SMILES string of the molecule is C#CCn1c(=NS(=O)(=O)c2ccccc2)sc2cccc(F)c21. The van der Waals surface area contributed by atoms with E-state index in [2.05, 4.69) is 10.3 Å². The third kappa shape index (κ3) is 2.91. The van der Waals surface area contributed by atoms with Gasteiger partial charge in [0.15, 0.2) is 0 Å². The van der Waals surface area contributed by atoms with E-state index in [1.165, 1.54) is 22.8 Å². The van der Waals surface area contributed by atoms with E-state index in [1.54, 1.807) is 30.3 Å². The van der Waals surface area contributed by atoms with Gasteiger partial charge in [-0.25, -0.2) is 4.39 Å². The second-order valence-corrected chi connectivity index (χ2v) is 7.25. The Morgan fingerprint density at radius 2 is 1.91 bits per heavy atom. The zero-order chi connectivity index (χ0) is 16.4. The summed E-state index contributed by atoms with van der Waals surface area (Å²) in [5.41, 5.74) is 0.262. The summed E-state index contributed by atoms with van der Waals surface area (Å²) in [6.45, 7) is 0.0318. The van der Waals surface area contributed by atoms with Crippen molar-refractivity contribution in [1.82, 2.24) is 4.57 Å².